The molecule has 3 atom stereocenters. The largest absolute Gasteiger partial charge is 0.423 e. The van der Waals surface area contributed by atoms with Crippen molar-refractivity contribution in [1.29, 1.82) is 0 Å². The van der Waals surface area contributed by atoms with Crippen molar-refractivity contribution in [2.24, 2.45) is 17.8 Å². The highest BCUT2D eigenvalue weighted by molar-refractivity contribution is 5.76. The second-order valence-corrected chi connectivity index (χ2v) is 10.6. The zero-order chi connectivity index (χ0) is 26.8. The molecular formula is C31H33F3O4. The molecule has 2 aromatic carbocycles. The van der Waals surface area contributed by atoms with E-state index in [0.29, 0.717) is 55.4 Å². The molecule has 1 saturated carbocycles. The Kier molecular flexibility index (Phi) is 8.05. The molecule has 38 heavy (non-hydrogen) atoms. The van der Waals surface area contributed by atoms with Gasteiger partial charge < -0.3 is 14.6 Å². The van der Waals surface area contributed by atoms with Gasteiger partial charge in [-0.25, -0.2) is 8.78 Å². The third-order valence-corrected chi connectivity index (χ3v) is 8.01. The summed E-state index contributed by atoms with van der Waals surface area (Å²) in [5, 5.41) is 10.1. The molecule has 1 N–H and O–H groups in total. The Hall–Kier alpha value is -2.90. The maximum atomic E-state index is 14.9. The molecule has 3 aliphatic rings. The minimum absolute atomic E-state index is 0.0410. The summed E-state index contributed by atoms with van der Waals surface area (Å²) in [6.45, 7) is 2.66. The number of halogens is 3. The van der Waals surface area contributed by atoms with E-state index in [9.17, 15) is 23.1 Å². The average Bonchev–Trinajstić information content (AvgIpc) is 3.78. The van der Waals surface area contributed by atoms with Gasteiger partial charge in [0.05, 0.1) is 24.7 Å². The standard InChI is InChI=1S/C31H33F3O4/c1-2-3-26(35)20-8-4-19(5-9-20)24-14-15-27(30(34)29(24)33)38-31(36)21-10-6-18(7-11-21)23-13-12-22(16-25(23)32)28-17-37-28/h4-5,8-9,13-16,18,21-22,26,28,35H,2-3,6-7,10-12,17H2,1H3. The monoisotopic (exact) mass is 526 g/mol. The third-order valence-electron chi connectivity index (χ3n) is 8.01. The molecule has 1 aliphatic heterocycles. The van der Waals surface area contributed by atoms with E-state index in [-0.39, 0.29) is 29.3 Å². The summed E-state index contributed by atoms with van der Waals surface area (Å²) in [5.41, 5.74) is 1.93. The summed E-state index contributed by atoms with van der Waals surface area (Å²) in [5.74, 6) is -3.83. The summed E-state index contributed by atoms with van der Waals surface area (Å²) >= 11 is 0. The summed E-state index contributed by atoms with van der Waals surface area (Å²) in [4.78, 5) is 12.8. The van der Waals surface area contributed by atoms with Crippen molar-refractivity contribution in [3.05, 3.63) is 77.1 Å². The van der Waals surface area contributed by atoms with E-state index in [0.717, 1.165) is 12.8 Å². The SMILES string of the molecule is CCCC(O)c1ccc(-c2ccc(OC(=O)C3CCC(C4=CCC(C5CO5)C=C4F)CC3)c(F)c2F)cc1. The van der Waals surface area contributed by atoms with Crippen LogP contribution in [0.2, 0.25) is 0 Å². The van der Waals surface area contributed by atoms with Gasteiger partial charge in [0.1, 0.15) is 5.83 Å². The quantitative estimate of drug-likeness (QED) is 0.222. The Morgan fingerprint density at radius 1 is 1.05 bits per heavy atom. The van der Waals surface area contributed by atoms with Gasteiger partial charge in [-0.15, -0.1) is 0 Å². The fourth-order valence-corrected chi connectivity index (χ4v) is 5.63. The van der Waals surface area contributed by atoms with Crippen LogP contribution in [-0.4, -0.2) is 23.8 Å². The molecule has 1 heterocycles. The molecule has 0 bridgehead atoms. The molecule has 5 rings (SSSR count). The molecule has 2 aliphatic carbocycles. The smallest absolute Gasteiger partial charge is 0.314 e. The van der Waals surface area contributed by atoms with E-state index >= 15 is 0 Å². The summed E-state index contributed by atoms with van der Waals surface area (Å²) in [7, 11) is 0. The number of aliphatic hydroxyl groups excluding tert-OH is 1. The number of epoxide rings is 1. The van der Waals surface area contributed by atoms with E-state index < -0.39 is 35.4 Å². The molecule has 0 aromatic heterocycles. The van der Waals surface area contributed by atoms with Crippen LogP contribution in [-0.2, 0) is 9.53 Å². The van der Waals surface area contributed by atoms with E-state index in [1.54, 1.807) is 30.3 Å². The van der Waals surface area contributed by atoms with Crippen molar-refractivity contribution < 1.29 is 32.5 Å². The van der Waals surface area contributed by atoms with Crippen LogP contribution in [0.25, 0.3) is 11.1 Å². The van der Waals surface area contributed by atoms with Crippen molar-refractivity contribution in [3.8, 4) is 16.9 Å². The second-order valence-electron chi connectivity index (χ2n) is 10.6. The number of carbonyl (C=O) groups is 1. The lowest BCUT2D eigenvalue weighted by Gasteiger charge is -2.30. The predicted molar refractivity (Wildman–Crippen MR) is 138 cm³/mol. The first-order valence-corrected chi connectivity index (χ1v) is 13.5. The Labute approximate surface area is 221 Å². The average molecular weight is 527 g/mol. The van der Waals surface area contributed by atoms with Gasteiger partial charge in [-0.1, -0.05) is 43.7 Å². The van der Waals surface area contributed by atoms with Crippen LogP contribution in [0.15, 0.2) is 60.0 Å². The summed E-state index contributed by atoms with van der Waals surface area (Å²) < 4.78 is 55.0. The first-order valence-electron chi connectivity index (χ1n) is 13.5. The predicted octanol–water partition coefficient (Wildman–Crippen LogP) is 7.38. The maximum Gasteiger partial charge on any atom is 0.314 e. The number of ether oxygens (including phenoxy) is 2. The minimum atomic E-state index is -1.21. The lowest BCUT2D eigenvalue weighted by atomic mass is 9.76. The highest BCUT2D eigenvalue weighted by atomic mass is 19.2. The van der Waals surface area contributed by atoms with E-state index in [2.05, 4.69) is 0 Å². The van der Waals surface area contributed by atoms with Gasteiger partial charge in [0, 0.05) is 11.5 Å². The molecule has 3 unspecified atom stereocenters. The lowest BCUT2D eigenvalue weighted by Crippen LogP contribution is -2.27. The number of hydrogen-bond donors (Lipinski definition) is 1. The third kappa shape index (κ3) is 5.74. The zero-order valence-electron chi connectivity index (χ0n) is 21.5. The molecule has 0 amide bonds. The number of hydrogen-bond acceptors (Lipinski definition) is 4. The van der Waals surface area contributed by atoms with Gasteiger partial charge in [0.15, 0.2) is 11.6 Å². The lowest BCUT2D eigenvalue weighted by molar-refractivity contribution is -0.140. The van der Waals surface area contributed by atoms with Crippen LogP contribution in [0.1, 0.15) is 63.5 Å². The molecule has 2 aromatic rings. The Bertz CT molecular complexity index is 1220. The summed E-state index contributed by atoms with van der Waals surface area (Å²) in [6, 6.07) is 9.32. The maximum absolute atomic E-state index is 14.9. The topological polar surface area (TPSA) is 59.1 Å². The molecule has 0 radical (unpaired) electrons. The van der Waals surface area contributed by atoms with Crippen LogP contribution in [0.4, 0.5) is 13.2 Å². The molecule has 1 saturated heterocycles. The minimum Gasteiger partial charge on any atom is -0.423 e. The Morgan fingerprint density at radius 2 is 1.76 bits per heavy atom. The van der Waals surface area contributed by atoms with Crippen molar-refractivity contribution in [1.82, 2.24) is 0 Å². The fourth-order valence-electron chi connectivity index (χ4n) is 5.63. The highest BCUT2D eigenvalue weighted by Crippen LogP contribution is 2.41. The number of aliphatic hydroxyl groups is 1. The van der Waals surface area contributed by atoms with Gasteiger partial charge in [0.25, 0.3) is 0 Å². The molecule has 4 nitrogen and oxygen atoms in total. The fraction of sp³-hybridized carbons (Fsp3) is 0.452. The first kappa shape index (κ1) is 26.7. The van der Waals surface area contributed by atoms with E-state index in [1.807, 2.05) is 13.0 Å². The number of allylic oxidation sites excluding steroid dienone is 3. The number of benzene rings is 2. The van der Waals surface area contributed by atoms with E-state index in [1.165, 1.54) is 12.1 Å². The Balaban J connectivity index is 1.19. The number of carbonyl (C=O) groups excluding carboxylic acids is 1. The highest BCUT2D eigenvalue weighted by Gasteiger charge is 2.36. The van der Waals surface area contributed by atoms with Gasteiger partial charge in [-0.2, -0.15) is 4.39 Å². The molecular weight excluding hydrogens is 493 g/mol. The van der Waals surface area contributed by atoms with Crippen LogP contribution in [0, 0.1) is 29.4 Å². The number of rotatable bonds is 8. The van der Waals surface area contributed by atoms with E-state index in [4.69, 9.17) is 9.47 Å². The van der Waals surface area contributed by atoms with Gasteiger partial charge >= 0.3 is 5.97 Å². The van der Waals surface area contributed by atoms with Crippen molar-refractivity contribution in [3.63, 3.8) is 0 Å². The Morgan fingerprint density at radius 3 is 2.39 bits per heavy atom. The molecule has 2 fully saturated rings. The van der Waals surface area contributed by atoms with Crippen LogP contribution in [0.5, 0.6) is 5.75 Å². The first-order chi connectivity index (χ1) is 18.4. The molecule has 7 heteroatoms. The van der Waals surface area contributed by atoms with Crippen molar-refractivity contribution in [2.75, 3.05) is 6.61 Å². The second kappa shape index (κ2) is 11.5. The van der Waals surface area contributed by atoms with Crippen molar-refractivity contribution in [2.45, 2.75) is 64.1 Å². The number of esters is 1. The van der Waals surface area contributed by atoms with Crippen LogP contribution >= 0.6 is 0 Å². The van der Waals surface area contributed by atoms with Gasteiger partial charge in [-0.05, 0) is 79.4 Å². The van der Waals surface area contributed by atoms with Crippen LogP contribution in [0.3, 0.4) is 0 Å². The van der Waals surface area contributed by atoms with Crippen LogP contribution < -0.4 is 4.74 Å². The molecule has 202 valence electrons. The normalized spacial score (nSPS) is 25.8. The zero-order valence-corrected chi connectivity index (χ0v) is 21.5. The summed E-state index contributed by atoms with van der Waals surface area (Å²) in [6.07, 6.45) is 7.65. The van der Waals surface area contributed by atoms with Gasteiger partial charge in [-0.3, -0.25) is 4.79 Å². The van der Waals surface area contributed by atoms with Crippen molar-refractivity contribution >= 4 is 5.97 Å². The molecule has 0 spiro atoms. The van der Waals surface area contributed by atoms with Gasteiger partial charge in [0.2, 0.25) is 5.82 Å².